The molecule has 0 saturated heterocycles. The van der Waals surface area contributed by atoms with Crippen LogP contribution in [0.1, 0.15) is 30.1 Å². The third-order valence-electron chi connectivity index (χ3n) is 2.64. The topological polar surface area (TPSA) is 84.2 Å². The fraction of sp³-hybridized carbons (Fsp3) is 0.385. The molecule has 0 spiro atoms. The minimum absolute atomic E-state index is 0. The molecule has 0 radical (unpaired) electrons. The highest BCUT2D eigenvalue weighted by Crippen LogP contribution is 2.20. The van der Waals surface area contributed by atoms with Crippen molar-refractivity contribution in [1.29, 1.82) is 0 Å². The Balaban J connectivity index is 0.00000361. The Morgan fingerprint density at radius 3 is 2.60 bits per heavy atom. The number of rotatable bonds is 5. The van der Waals surface area contributed by atoms with Crippen LogP contribution in [0.3, 0.4) is 0 Å². The SMILES string of the molecule is CCCC(N)C(=O)Nc1ccc(Cl)c(C(=O)NC)c1.Cl. The molecule has 4 N–H and O–H groups in total. The lowest BCUT2D eigenvalue weighted by Gasteiger charge is -2.12. The van der Waals surface area contributed by atoms with E-state index in [1.54, 1.807) is 12.1 Å². The van der Waals surface area contributed by atoms with Crippen LogP contribution in [0.2, 0.25) is 5.02 Å². The van der Waals surface area contributed by atoms with Crippen molar-refractivity contribution in [2.75, 3.05) is 12.4 Å². The van der Waals surface area contributed by atoms with Gasteiger partial charge in [0.25, 0.3) is 5.91 Å². The number of amides is 2. The van der Waals surface area contributed by atoms with Gasteiger partial charge in [0.2, 0.25) is 5.91 Å². The minimum atomic E-state index is -0.552. The number of nitrogens with two attached hydrogens (primary N) is 1. The van der Waals surface area contributed by atoms with Gasteiger partial charge in [0.1, 0.15) is 0 Å². The Kier molecular flexibility index (Phi) is 8.22. The van der Waals surface area contributed by atoms with E-state index in [4.69, 9.17) is 17.3 Å². The number of anilines is 1. The van der Waals surface area contributed by atoms with Gasteiger partial charge >= 0.3 is 0 Å². The van der Waals surface area contributed by atoms with Gasteiger partial charge in [-0.15, -0.1) is 12.4 Å². The molecule has 0 heterocycles. The lowest BCUT2D eigenvalue weighted by molar-refractivity contribution is -0.117. The number of carbonyl (C=O) groups is 2. The van der Waals surface area contributed by atoms with Gasteiger partial charge in [-0.2, -0.15) is 0 Å². The van der Waals surface area contributed by atoms with E-state index in [2.05, 4.69) is 10.6 Å². The van der Waals surface area contributed by atoms with Crippen LogP contribution in [0.4, 0.5) is 5.69 Å². The number of nitrogens with one attached hydrogen (secondary N) is 2. The standard InChI is InChI=1S/C13H18ClN3O2.ClH/c1-3-4-11(15)13(19)17-8-5-6-10(14)9(7-8)12(18)16-2;/h5-7,11H,3-4,15H2,1-2H3,(H,16,18)(H,17,19);1H. The predicted octanol–water partition coefficient (Wildman–Crippen LogP) is 2.19. The van der Waals surface area contributed by atoms with E-state index in [0.717, 1.165) is 6.42 Å². The Labute approximate surface area is 129 Å². The summed E-state index contributed by atoms with van der Waals surface area (Å²) in [5, 5.41) is 5.48. The molecule has 5 nitrogen and oxygen atoms in total. The zero-order valence-electron chi connectivity index (χ0n) is 11.4. The quantitative estimate of drug-likeness (QED) is 0.777. The molecule has 1 unspecified atom stereocenters. The Morgan fingerprint density at radius 1 is 1.40 bits per heavy atom. The molecule has 0 aliphatic heterocycles. The molecule has 1 aromatic carbocycles. The minimum Gasteiger partial charge on any atom is -0.355 e. The van der Waals surface area contributed by atoms with Crippen molar-refractivity contribution in [2.24, 2.45) is 5.73 Å². The number of benzene rings is 1. The Morgan fingerprint density at radius 2 is 2.05 bits per heavy atom. The van der Waals surface area contributed by atoms with E-state index < -0.39 is 6.04 Å². The van der Waals surface area contributed by atoms with E-state index in [0.29, 0.717) is 22.7 Å². The summed E-state index contributed by atoms with van der Waals surface area (Å²) >= 11 is 5.92. The zero-order valence-corrected chi connectivity index (χ0v) is 13.0. The maximum atomic E-state index is 11.8. The number of hydrogen-bond acceptors (Lipinski definition) is 3. The Bertz CT molecular complexity index is 481. The number of carbonyl (C=O) groups excluding carboxylic acids is 2. The molecule has 0 aliphatic rings. The molecule has 0 aromatic heterocycles. The molecular formula is C13H19Cl2N3O2. The van der Waals surface area contributed by atoms with Gasteiger partial charge in [-0.1, -0.05) is 24.9 Å². The van der Waals surface area contributed by atoms with Crippen LogP contribution in [0.25, 0.3) is 0 Å². The number of halogens is 2. The van der Waals surface area contributed by atoms with Crippen LogP contribution >= 0.6 is 24.0 Å². The lowest BCUT2D eigenvalue weighted by atomic mass is 10.1. The van der Waals surface area contributed by atoms with Crippen molar-refractivity contribution in [3.05, 3.63) is 28.8 Å². The molecular weight excluding hydrogens is 301 g/mol. The summed E-state index contributed by atoms with van der Waals surface area (Å²) in [4.78, 5) is 23.3. The monoisotopic (exact) mass is 319 g/mol. The molecule has 7 heteroatoms. The van der Waals surface area contributed by atoms with Crippen LogP contribution in [0.5, 0.6) is 0 Å². The van der Waals surface area contributed by atoms with Gasteiger partial charge in [0.15, 0.2) is 0 Å². The second-order valence-electron chi connectivity index (χ2n) is 4.16. The van der Waals surface area contributed by atoms with Crippen LogP contribution in [0.15, 0.2) is 18.2 Å². The van der Waals surface area contributed by atoms with Gasteiger partial charge in [-0.05, 0) is 24.6 Å². The van der Waals surface area contributed by atoms with Crippen molar-refractivity contribution in [3.63, 3.8) is 0 Å². The molecule has 1 aromatic rings. The van der Waals surface area contributed by atoms with Crippen molar-refractivity contribution in [1.82, 2.24) is 5.32 Å². The van der Waals surface area contributed by atoms with E-state index in [1.165, 1.54) is 13.1 Å². The van der Waals surface area contributed by atoms with Crippen molar-refractivity contribution in [2.45, 2.75) is 25.8 Å². The van der Waals surface area contributed by atoms with E-state index in [1.807, 2.05) is 6.92 Å². The third-order valence-corrected chi connectivity index (χ3v) is 2.97. The average molecular weight is 320 g/mol. The maximum Gasteiger partial charge on any atom is 0.252 e. The fourth-order valence-corrected chi connectivity index (χ4v) is 1.79. The summed E-state index contributed by atoms with van der Waals surface area (Å²) < 4.78 is 0. The first kappa shape index (κ1) is 18.7. The molecule has 0 aliphatic carbocycles. The van der Waals surface area contributed by atoms with E-state index in [9.17, 15) is 9.59 Å². The summed E-state index contributed by atoms with van der Waals surface area (Å²) in [7, 11) is 1.51. The Hall–Kier alpha value is -1.30. The zero-order chi connectivity index (χ0) is 14.4. The predicted molar refractivity (Wildman–Crippen MR) is 83.6 cm³/mol. The molecule has 1 rings (SSSR count). The fourth-order valence-electron chi connectivity index (χ4n) is 1.59. The summed E-state index contributed by atoms with van der Waals surface area (Å²) in [6, 6.07) is 4.17. The summed E-state index contributed by atoms with van der Waals surface area (Å²) in [5.41, 5.74) is 6.52. The van der Waals surface area contributed by atoms with Gasteiger partial charge in [0, 0.05) is 12.7 Å². The summed E-state index contributed by atoms with van der Waals surface area (Å²) in [6.45, 7) is 1.96. The first-order valence-corrected chi connectivity index (χ1v) is 6.45. The second-order valence-corrected chi connectivity index (χ2v) is 4.57. The third kappa shape index (κ3) is 5.00. The van der Waals surface area contributed by atoms with Crippen molar-refractivity contribution >= 4 is 41.5 Å². The normalized spacial score (nSPS) is 11.2. The van der Waals surface area contributed by atoms with Gasteiger partial charge in [0.05, 0.1) is 16.6 Å². The summed E-state index contributed by atoms with van der Waals surface area (Å²) in [5.74, 6) is -0.578. The van der Waals surface area contributed by atoms with Gasteiger partial charge in [-0.25, -0.2) is 0 Å². The molecule has 1 atom stereocenters. The lowest BCUT2D eigenvalue weighted by Crippen LogP contribution is -2.35. The van der Waals surface area contributed by atoms with Crippen LogP contribution in [-0.2, 0) is 4.79 Å². The largest absolute Gasteiger partial charge is 0.355 e. The van der Waals surface area contributed by atoms with Crippen LogP contribution < -0.4 is 16.4 Å². The van der Waals surface area contributed by atoms with Crippen molar-refractivity contribution in [3.8, 4) is 0 Å². The smallest absolute Gasteiger partial charge is 0.252 e. The van der Waals surface area contributed by atoms with Crippen LogP contribution in [0, 0.1) is 0 Å². The molecule has 0 fully saturated rings. The van der Waals surface area contributed by atoms with Gasteiger partial charge < -0.3 is 16.4 Å². The molecule has 2 amide bonds. The first-order valence-electron chi connectivity index (χ1n) is 6.07. The highest BCUT2D eigenvalue weighted by molar-refractivity contribution is 6.34. The van der Waals surface area contributed by atoms with Crippen molar-refractivity contribution < 1.29 is 9.59 Å². The van der Waals surface area contributed by atoms with E-state index in [-0.39, 0.29) is 24.2 Å². The van der Waals surface area contributed by atoms with E-state index >= 15 is 0 Å². The highest BCUT2D eigenvalue weighted by atomic mass is 35.5. The molecule has 0 bridgehead atoms. The summed E-state index contributed by atoms with van der Waals surface area (Å²) in [6.07, 6.45) is 1.44. The average Bonchev–Trinajstić information content (AvgIpc) is 2.40. The number of hydrogen-bond donors (Lipinski definition) is 3. The second kappa shape index (κ2) is 8.79. The molecule has 0 saturated carbocycles. The molecule has 112 valence electrons. The molecule has 20 heavy (non-hydrogen) atoms. The highest BCUT2D eigenvalue weighted by Gasteiger charge is 2.14. The maximum absolute atomic E-state index is 11.8. The van der Waals surface area contributed by atoms with Gasteiger partial charge in [-0.3, -0.25) is 9.59 Å². The van der Waals surface area contributed by atoms with Crippen LogP contribution in [-0.4, -0.2) is 24.9 Å². The first-order chi connectivity index (χ1) is 8.99.